The zero-order valence-electron chi connectivity index (χ0n) is 10.3. The van der Waals surface area contributed by atoms with E-state index >= 15 is 0 Å². The number of carboxylic acids is 1. The summed E-state index contributed by atoms with van der Waals surface area (Å²) in [6.07, 6.45) is 0.987. The first-order chi connectivity index (χ1) is 9.34. The Morgan fingerprint density at radius 2 is 2.15 bits per heavy atom. The van der Waals surface area contributed by atoms with Crippen LogP contribution in [0.25, 0.3) is 0 Å². The van der Waals surface area contributed by atoms with Crippen molar-refractivity contribution >= 4 is 27.4 Å². The molecular weight excluding hydrogens is 311 g/mol. The van der Waals surface area contributed by atoms with Gasteiger partial charge in [-0.3, -0.25) is 0 Å². The minimum atomic E-state index is -3.84. The molecule has 0 aliphatic carbocycles. The highest BCUT2D eigenvalue weighted by atomic mass is 35.5. The number of ether oxygens (including phenoxy) is 1. The number of hydrogen-bond donors (Lipinski definition) is 1. The SMILES string of the molecule is O=C(O)c1cc(S(=O)(=O)C2CCCOC2)cc(F)c1Cl. The fourth-order valence-corrected chi connectivity index (χ4v) is 3.91. The zero-order chi connectivity index (χ0) is 14.9. The van der Waals surface area contributed by atoms with Crippen LogP contribution in [0.3, 0.4) is 0 Å². The Morgan fingerprint density at radius 3 is 2.70 bits per heavy atom. The second kappa shape index (κ2) is 5.67. The van der Waals surface area contributed by atoms with Crippen molar-refractivity contribution in [2.24, 2.45) is 0 Å². The molecule has 0 aromatic heterocycles. The highest BCUT2D eigenvalue weighted by Gasteiger charge is 2.31. The van der Waals surface area contributed by atoms with E-state index in [0.29, 0.717) is 19.4 Å². The third kappa shape index (κ3) is 2.79. The molecule has 20 heavy (non-hydrogen) atoms. The lowest BCUT2D eigenvalue weighted by atomic mass is 10.2. The summed E-state index contributed by atoms with van der Waals surface area (Å²) >= 11 is 5.52. The van der Waals surface area contributed by atoms with Crippen molar-refractivity contribution in [1.29, 1.82) is 0 Å². The van der Waals surface area contributed by atoms with Crippen molar-refractivity contribution in [2.75, 3.05) is 13.2 Å². The number of aromatic carboxylic acids is 1. The van der Waals surface area contributed by atoms with Gasteiger partial charge >= 0.3 is 5.97 Å². The molecule has 1 aromatic carbocycles. The van der Waals surface area contributed by atoms with Crippen LogP contribution in [0.1, 0.15) is 23.2 Å². The standard InChI is InChI=1S/C12H12ClFO5S/c13-11-9(12(15)16)4-8(5-10(11)14)20(17,18)7-2-1-3-19-6-7/h4-5,7H,1-3,6H2,(H,15,16). The first-order valence-electron chi connectivity index (χ1n) is 5.88. The molecule has 0 spiro atoms. The van der Waals surface area contributed by atoms with Gasteiger partial charge in [-0.05, 0) is 25.0 Å². The lowest BCUT2D eigenvalue weighted by Crippen LogP contribution is -2.31. The Kier molecular flexibility index (Phi) is 4.31. The summed E-state index contributed by atoms with van der Waals surface area (Å²) in [6, 6.07) is 1.64. The average Bonchev–Trinajstić information content (AvgIpc) is 2.42. The zero-order valence-corrected chi connectivity index (χ0v) is 11.9. The van der Waals surface area contributed by atoms with Crippen molar-refractivity contribution < 1.29 is 27.4 Å². The summed E-state index contributed by atoms with van der Waals surface area (Å²) < 4.78 is 43.4. The molecule has 1 unspecified atom stereocenters. The van der Waals surface area contributed by atoms with Gasteiger partial charge in [0.15, 0.2) is 9.84 Å². The Labute approximate surface area is 120 Å². The Bertz CT molecular complexity index is 637. The molecule has 1 fully saturated rings. The first-order valence-corrected chi connectivity index (χ1v) is 7.80. The summed E-state index contributed by atoms with van der Waals surface area (Å²) in [6.45, 7) is 0.510. The third-order valence-electron chi connectivity index (χ3n) is 3.12. The molecule has 5 nitrogen and oxygen atoms in total. The van der Waals surface area contributed by atoms with Gasteiger partial charge in [0.05, 0.1) is 27.3 Å². The van der Waals surface area contributed by atoms with Crippen LogP contribution in [0.4, 0.5) is 4.39 Å². The topological polar surface area (TPSA) is 80.7 Å². The van der Waals surface area contributed by atoms with E-state index in [1.807, 2.05) is 0 Å². The number of hydrogen-bond acceptors (Lipinski definition) is 4. The number of sulfone groups is 1. The predicted octanol–water partition coefficient (Wildman–Crippen LogP) is 2.13. The molecule has 1 N–H and O–H groups in total. The first kappa shape index (κ1) is 15.2. The van der Waals surface area contributed by atoms with Crippen molar-refractivity contribution in [1.82, 2.24) is 0 Å². The van der Waals surface area contributed by atoms with E-state index in [2.05, 4.69) is 0 Å². The maximum absolute atomic E-state index is 13.6. The number of benzene rings is 1. The van der Waals surface area contributed by atoms with Gasteiger partial charge < -0.3 is 9.84 Å². The molecule has 1 aromatic rings. The van der Waals surface area contributed by atoms with Crippen molar-refractivity contribution in [3.63, 3.8) is 0 Å². The minimum Gasteiger partial charge on any atom is -0.478 e. The summed E-state index contributed by atoms with van der Waals surface area (Å²) in [4.78, 5) is 10.6. The van der Waals surface area contributed by atoms with Crippen LogP contribution < -0.4 is 0 Å². The Balaban J connectivity index is 2.49. The van der Waals surface area contributed by atoms with Gasteiger partial charge in [0.1, 0.15) is 5.82 Å². The van der Waals surface area contributed by atoms with E-state index in [0.717, 1.165) is 12.1 Å². The number of carboxylic acid groups (broad SMARTS) is 1. The van der Waals surface area contributed by atoms with E-state index < -0.39 is 37.5 Å². The molecule has 1 heterocycles. The van der Waals surface area contributed by atoms with E-state index in [4.69, 9.17) is 21.4 Å². The largest absolute Gasteiger partial charge is 0.478 e. The molecular formula is C12H12ClFO5S. The number of carbonyl (C=O) groups is 1. The minimum absolute atomic E-state index is 0.0228. The summed E-state index contributed by atoms with van der Waals surface area (Å²) in [5.74, 6) is -2.55. The Hall–Kier alpha value is -1.18. The highest BCUT2D eigenvalue weighted by molar-refractivity contribution is 7.92. The van der Waals surface area contributed by atoms with Crippen LogP contribution in [0.2, 0.25) is 5.02 Å². The van der Waals surface area contributed by atoms with E-state index in [1.165, 1.54) is 0 Å². The lowest BCUT2D eigenvalue weighted by molar-refractivity contribution is 0.0696. The molecule has 1 aliphatic heterocycles. The number of halogens is 2. The molecule has 1 atom stereocenters. The second-order valence-corrected chi connectivity index (χ2v) is 7.06. The molecule has 0 bridgehead atoms. The smallest absolute Gasteiger partial charge is 0.337 e. The highest BCUT2D eigenvalue weighted by Crippen LogP contribution is 2.28. The predicted molar refractivity (Wildman–Crippen MR) is 69.4 cm³/mol. The van der Waals surface area contributed by atoms with Crippen LogP contribution in [-0.4, -0.2) is 38.0 Å². The van der Waals surface area contributed by atoms with E-state index in [-0.39, 0.29) is 11.5 Å². The molecule has 0 amide bonds. The Morgan fingerprint density at radius 1 is 1.45 bits per heavy atom. The maximum atomic E-state index is 13.6. The van der Waals surface area contributed by atoms with Gasteiger partial charge in [-0.2, -0.15) is 0 Å². The van der Waals surface area contributed by atoms with Crippen LogP contribution in [-0.2, 0) is 14.6 Å². The van der Waals surface area contributed by atoms with Crippen molar-refractivity contribution in [3.8, 4) is 0 Å². The third-order valence-corrected chi connectivity index (χ3v) is 5.64. The quantitative estimate of drug-likeness (QED) is 0.922. The molecule has 0 radical (unpaired) electrons. The molecule has 1 saturated heterocycles. The van der Waals surface area contributed by atoms with Crippen LogP contribution in [0.5, 0.6) is 0 Å². The van der Waals surface area contributed by atoms with Gasteiger partial charge in [-0.15, -0.1) is 0 Å². The van der Waals surface area contributed by atoms with Crippen LogP contribution in [0.15, 0.2) is 17.0 Å². The lowest BCUT2D eigenvalue weighted by Gasteiger charge is -2.22. The normalized spacial score (nSPS) is 19.8. The maximum Gasteiger partial charge on any atom is 0.337 e. The summed E-state index contributed by atoms with van der Waals surface area (Å²) in [5, 5.41) is 7.53. The van der Waals surface area contributed by atoms with E-state index in [1.54, 1.807) is 0 Å². The molecule has 110 valence electrons. The van der Waals surface area contributed by atoms with Gasteiger partial charge in [-0.25, -0.2) is 17.6 Å². The van der Waals surface area contributed by atoms with E-state index in [9.17, 15) is 17.6 Å². The van der Waals surface area contributed by atoms with Gasteiger partial charge in [0, 0.05) is 6.61 Å². The van der Waals surface area contributed by atoms with Crippen LogP contribution in [0, 0.1) is 5.82 Å². The van der Waals surface area contributed by atoms with Crippen molar-refractivity contribution in [2.45, 2.75) is 23.0 Å². The second-order valence-electron chi connectivity index (χ2n) is 4.46. The fourth-order valence-electron chi connectivity index (χ4n) is 2.03. The average molecular weight is 323 g/mol. The van der Waals surface area contributed by atoms with Gasteiger partial charge in [0.2, 0.25) is 0 Å². The molecule has 1 aliphatic rings. The monoisotopic (exact) mass is 322 g/mol. The summed E-state index contributed by atoms with van der Waals surface area (Å²) in [7, 11) is -3.84. The van der Waals surface area contributed by atoms with Crippen molar-refractivity contribution in [3.05, 3.63) is 28.5 Å². The fraction of sp³-hybridized carbons (Fsp3) is 0.417. The van der Waals surface area contributed by atoms with Gasteiger partial charge in [-0.1, -0.05) is 11.6 Å². The number of rotatable bonds is 3. The van der Waals surface area contributed by atoms with Gasteiger partial charge in [0.25, 0.3) is 0 Å². The van der Waals surface area contributed by atoms with Crippen LogP contribution >= 0.6 is 11.6 Å². The molecule has 0 saturated carbocycles. The molecule has 2 rings (SSSR count). The summed E-state index contributed by atoms with van der Waals surface area (Å²) in [5.41, 5.74) is -0.568. The molecule has 8 heteroatoms.